The number of hydrogen-bond donors (Lipinski definition) is 2. The standard InChI is InChI=1S/C14H15ClN2S/c15-11-6-7-14(12(16)8-11)18-9-13(17)10-4-2-1-3-5-10/h1-8,13H,9,16-17H2. The first-order valence-corrected chi connectivity index (χ1v) is 7.01. The number of rotatable bonds is 4. The molecule has 2 aromatic rings. The molecule has 4 heteroatoms. The van der Waals surface area contributed by atoms with Gasteiger partial charge in [-0.2, -0.15) is 0 Å². The first-order valence-electron chi connectivity index (χ1n) is 5.65. The summed E-state index contributed by atoms with van der Waals surface area (Å²) in [6.07, 6.45) is 0. The molecule has 0 aliphatic carbocycles. The molecule has 1 atom stereocenters. The van der Waals surface area contributed by atoms with E-state index >= 15 is 0 Å². The Morgan fingerprint density at radius 1 is 1.11 bits per heavy atom. The van der Waals surface area contributed by atoms with Gasteiger partial charge in [0, 0.05) is 27.4 Å². The maximum absolute atomic E-state index is 6.14. The summed E-state index contributed by atoms with van der Waals surface area (Å²) in [6.45, 7) is 0. The molecular formula is C14H15ClN2S. The van der Waals surface area contributed by atoms with E-state index in [4.69, 9.17) is 23.1 Å². The zero-order valence-electron chi connectivity index (χ0n) is 9.84. The van der Waals surface area contributed by atoms with E-state index in [9.17, 15) is 0 Å². The van der Waals surface area contributed by atoms with E-state index in [-0.39, 0.29) is 6.04 Å². The molecule has 0 radical (unpaired) electrons. The van der Waals surface area contributed by atoms with E-state index in [1.54, 1.807) is 17.8 Å². The zero-order chi connectivity index (χ0) is 13.0. The third kappa shape index (κ3) is 3.42. The van der Waals surface area contributed by atoms with Gasteiger partial charge in [0.25, 0.3) is 0 Å². The van der Waals surface area contributed by atoms with Crippen LogP contribution in [0, 0.1) is 0 Å². The number of halogens is 1. The molecule has 0 aliphatic rings. The summed E-state index contributed by atoms with van der Waals surface area (Å²) < 4.78 is 0. The lowest BCUT2D eigenvalue weighted by Crippen LogP contribution is -2.12. The summed E-state index contributed by atoms with van der Waals surface area (Å²) in [4.78, 5) is 1.02. The zero-order valence-corrected chi connectivity index (χ0v) is 11.4. The highest BCUT2D eigenvalue weighted by Gasteiger charge is 2.07. The second-order valence-corrected chi connectivity index (χ2v) is 5.51. The van der Waals surface area contributed by atoms with Crippen LogP contribution in [0.25, 0.3) is 0 Å². The molecule has 0 spiro atoms. The van der Waals surface area contributed by atoms with Gasteiger partial charge in [0.1, 0.15) is 0 Å². The van der Waals surface area contributed by atoms with Gasteiger partial charge >= 0.3 is 0 Å². The molecule has 0 bridgehead atoms. The summed E-state index contributed by atoms with van der Waals surface area (Å²) in [7, 11) is 0. The molecule has 0 aliphatic heterocycles. The Labute approximate surface area is 116 Å². The lowest BCUT2D eigenvalue weighted by atomic mass is 10.1. The van der Waals surface area contributed by atoms with Crippen molar-refractivity contribution in [3.63, 3.8) is 0 Å². The fourth-order valence-electron chi connectivity index (χ4n) is 1.63. The monoisotopic (exact) mass is 278 g/mol. The summed E-state index contributed by atoms with van der Waals surface area (Å²) in [6, 6.07) is 15.6. The predicted molar refractivity (Wildman–Crippen MR) is 80.0 cm³/mol. The Morgan fingerprint density at radius 3 is 2.50 bits per heavy atom. The van der Waals surface area contributed by atoms with Crippen molar-refractivity contribution in [2.75, 3.05) is 11.5 Å². The van der Waals surface area contributed by atoms with Gasteiger partial charge in [-0.3, -0.25) is 0 Å². The Hall–Kier alpha value is -1.16. The molecule has 0 heterocycles. The number of hydrogen-bond acceptors (Lipinski definition) is 3. The number of benzene rings is 2. The number of thioether (sulfide) groups is 1. The van der Waals surface area contributed by atoms with Crippen LogP contribution in [0.15, 0.2) is 53.4 Å². The van der Waals surface area contributed by atoms with Crippen LogP contribution in [0.4, 0.5) is 5.69 Å². The molecule has 0 fully saturated rings. The molecule has 0 saturated carbocycles. The van der Waals surface area contributed by atoms with E-state index in [0.29, 0.717) is 10.7 Å². The van der Waals surface area contributed by atoms with Gasteiger partial charge in [-0.25, -0.2) is 0 Å². The first-order chi connectivity index (χ1) is 8.66. The molecule has 2 rings (SSSR count). The van der Waals surface area contributed by atoms with Crippen molar-refractivity contribution in [3.05, 3.63) is 59.1 Å². The van der Waals surface area contributed by atoms with Gasteiger partial charge in [-0.05, 0) is 23.8 Å². The number of nitrogens with two attached hydrogens (primary N) is 2. The van der Waals surface area contributed by atoms with Crippen LogP contribution in [0.1, 0.15) is 11.6 Å². The Balaban J connectivity index is 1.99. The van der Waals surface area contributed by atoms with Gasteiger partial charge in [-0.15, -0.1) is 11.8 Å². The minimum atomic E-state index is 0.00581. The Kier molecular flexibility index (Phi) is 4.53. The minimum Gasteiger partial charge on any atom is -0.398 e. The number of anilines is 1. The maximum atomic E-state index is 6.14. The summed E-state index contributed by atoms with van der Waals surface area (Å²) in [5.74, 6) is 0.788. The van der Waals surface area contributed by atoms with E-state index < -0.39 is 0 Å². The lowest BCUT2D eigenvalue weighted by Gasteiger charge is -2.12. The fraction of sp³-hybridized carbons (Fsp3) is 0.143. The van der Waals surface area contributed by atoms with Crippen molar-refractivity contribution in [2.24, 2.45) is 5.73 Å². The second kappa shape index (κ2) is 6.14. The van der Waals surface area contributed by atoms with Crippen molar-refractivity contribution in [3.8, 4) is 0 Å². The van der Waals surface area contributed by atoms with E-state index in [2.05, 4.69) is 0 Å². The molecular weight excluding hydrogens is 264 g/mol. The molecule has 94 valence electrons. The predicted octanol–water partition coefficient (Wildman–Crippen LogP) is 3.71. The third-order valence-corrected chi connectivity index (χ3v) is 4.06. The van der Waals surface area contributed by atoms with Crippen molar-refractivity contribution in [1.29, 1.82) is 0 Å². The van der Waals surface area contributed by atoms with Crippen molar-refractivity contribution in [2.45, 2.75) is 10.9 Å². The van der Waals surface area contributed by atoms with Crippen LogP contribution in [0.5, 0.6) is 0 Å². The topological polar surface area (TPSA) is 52.0 Å². The highest BCUT2D eigenvalue weighted by Crippen LogP contribution is 2.30. The van der Waals surface area contributed by atoms with Crippen molar-refractivity contribution >= 4 is 29.1 Å². The van der Waals surface area contributed by atoms with Crippen LogP contribution in [0.3, 0.4) is 0 Å². The number of nitrogen functional groups attached to an aromatic ring is 1. The van der Waals surface area contributed by atoms with Crippen LogP contribution >= 0.6 is 23.4 Å². The molecule has 0 amide bonds. The quantitative estimate of drug-likeness (QED) is 0.662. The minimum absolute atomic E-state index is 0.00581. The summed E-state index contributed by atoms with van der Waals surface area (Å²) in [5, 5.41) is 0.657. The van der Waals surface area contributed by atoms with E-state index in [0.717, 1.165) is 16.2 Å². The van der Waals surface area contributed by atoms with Crippen LogP contribution in [-0.2, 0) is 0 Å². The smallest absolute Gasteiger partial charge is 0.0467 e. The normalized spacial score (nSPS) is 12.3. The Bertz CT molecular complexity index is 516. The Morgan fingerprint density at radius 2 is 1.83 bits per heavy atom. The highest BCUT2D eigenvalue weighted by atomic mass is 35.5. The van der Waals surface area contributed by atoms with E-state index in [1.807, 2.05) is 42.5 Å². The largest absolute Gasteiger partial charge is 0.398 e. The lowest BCUT2D eigenvalue weighted by molar-refractivity contribution is 0.831. The van der Waals surface area contributed by atoms with Crippen LogP contribution in [-0.4, -0.2) is 5.75 Å². The van der Waals surface area contributed by atoms with Crippen molar-refractivity contribution < 1.29 is 0 Å². The average molecular weight is 279 g/mol. The molecule has 18 heavy (non-hydrogen) atoms. The SMILES string of the molecule is Nc1cc(Cl)ccc1SCC(N)c1ccccc1. The molecule has 2 nitrogen and oxygen atoms in total. The molecule has 4 N–H and O–H groups in total. The van der Waals surface area contributed by atoms with Crippen LogP contribution in [0.2, 0.25) is 5.02 Å². The van der Waals surface area contributed by atoms with Gasteiger partial charge in [0.15, 0.2) is 0 Å². The summed E-state index contributed by atoms with van der Waals surface area (Å²) >= 11 is 7.51. The van der Waals surface area contributed by atoms with Gasteiger partial charge in [0.05, 0.1) is 0 Å². The maximum Gasteiger partial charge on any atom is 0.0467 e. The second-order valence-electron chi connectivity index (χ2n) is 4.01. The molecule has 0 saturated heterocycles. The van der Waals surface area contributed by atoms with Gasteiger partial charge in [0.2, 0.25) is 0 Å². The van der Waals surface area contributed by atoms with Crippen LogP contribution < -0.4 is 11.5 Å². The molecule has 0 aromatic heterocycles. The first kappa shape index (κ1) is 13.3. The van der Waals surface area contributed by atoms with E-state index in [1.165, 1.54) is 0 Å². The van der Waals surface area contributed by atoms with Gasteiger partial charge in [-0.1, -0.05) is 41.9 Å². The molecule has 1 unspecified atom stereocenters. The van der Waals surface area contributed by atoms with Gasteiger partial charge < -0.3 is 11.5 Å². The van der Waals surface area contributed by atoms with Crippen molar-refractivity contribution in [1.82, 2.24) is 0 Å². The fourth-order valence-corrected chi connectivity index (χ4v) is 2.75. The average Bonchev–Trinajstić information content (AvgIpc) is 2.38. The molecule has 2 aromatic carbocycles. The summed E-state index contributed by atoms with van der Waals surface area (Å²) in [5.41, 5.74) is 13.9. The highest BCUT2D eigenvalue weighted by molar-refractivity contribution is 7.99. The third-order valence-electron chi connectivity index (χ3n) is 2.62.